The number of hydrogen-bond donors (Lipinski definition) is 0. The van der Waals surface area contributed by atoms with Crippen molar-refractivity contribution < 1.29 is 9.53 Å². The first-order chi connectivity index (χ1) is 10.6. The molecule has 2 bridgehead atoms. The molecule has 22 heavy (non-hydrogen) atoms. The van der Waals surface area contributed by atoms with Crippen LogP contribution in [0.5, 0.6) is 5.88 Å². The highest BCUT2D eigenvalue weighted by Gasteiger charge is 2.57. The van der Waals surface area contributed by atoms with Crippen molar-refractivity contribution in [1.82, 2.24) is 9.97 Å². The highest BCUT2D eigenvalue weighted by Crippen LogP contribution is 2.66. The fourth-order valence-electron chi connectivity index (χ4n) is 3.70. The molecule has 0 amide bonds. The van der Waals surface area contributed by atoms with Gasteiger partial charge in [0.05, 0.1) is 18.6 Å². The van der Waals surface area contributed by atoms with E-state index in [0.717, 1.165) is 12.3 Å². The summed E-state index contributed by atoms with van der Waals surface area (Å²) in [4.78, 5) is 20.4. The van der Waals surface area contributed by atoms with Crippen LogP contribution in [0.1, 0.15) is 42.6 Å². The van der Waals surface area contributed by atoms with Gasteiger partial charge in [-0.1, -0.05) is 0 Å². The van der Waals surface area contributed by atoms with E-state index >= 15 is 0 Å². The standard InChI is InChI=1S/C16H16ClN3O2/c17-15-19-12(13(21)6-16-3-9(4-16)5-16)2-14(20-15)22-8-11-1-10(11)7-18/h2,9-11H,1,3-6,8H2/t9?,10-,11+,16?/m0/s1. The molecule has 0 aliphatic heterocycles. The summed E-state index contributed by atoms with van der Waals surface area (Å²) in [6, 6.07) is 3.79. The number of rotatable bonds is 6. The Hall–Kier alpha value is -1.67. The number of aromatic nitrogens is 2. The predicted molar refractivity (Wildman–Crippen MR) is 78.5 cm³/mol. The quantitative estimate of drug-likeness (QED) is 0.595. The van der Waals surface area contributed by atoms with Crippen molar-refractivity contribution in [3.63, 3.8) is 0 Å². The Morgan fingerprint density at radius 2 is 2.23 bits per heavy atom. The molecule has 6 heteroatoms. The average Bonchev–Trinajstić information content (AvgIpc) is 3.17. The molecule has 1 aromatic heterocycles. The van der Waals surface area contributed by atoms with Crippen molar-refractivity contribution in [3.05, 3.63) is 17.0 Å². The number of carbonyl (C=O) groups excluding carboxylic acids is 1. The maximum Gasteiger partial charge on any atom is 0.226 e. The van der Waals surface area contributed by atoms with E-state index in [2.05, 4.69) is 16.0 Å². The van der Waals surface area contributed by atoms with Crippen molar-refractivity contribution in [1.29, 1.82) is 5.26 Å². The van der Waals surface area contributed by atoms with Gasteiger partial charge < -0.3 is 4.74 Å². The first-order valence-corrected chi connectivity index (χ1v) is 8.05. The number of nitrogens with zero attached hydrogens (tertiary/aromatic N) is 3. The Morgan fingerprint density at radius 1 is 1.45 bits per heavy atom. The Balaban J connectivity index is 1.41. The first kappa shape index (κ1) is 14.0. The molecule has 0 N–H and O–H groups in total. The molecular formula is C16H16ClN3O2. The van der Waals surface area contributed by atoms with E-state index in [0.29, 0.717) is 24.6 Å². The lowest BCUT2D eigenvalue weighted by atomic mass is 9.43. The Labute approximate surface area is 133 Å². The van der Waals surface area contributed by atoms with Gasteiger partial charge in [-0.2, -0.15) is 10.2 Å². The topological polar surface area (TPSA) is 75.9 Å². The summed E-state index contributed by atoms with van der Waals surface area (Å²) in [5.74, 6) is 1.55. The summed E-state index contributed by atoms with van der Waals surface area (Å²) in [6.45, 7) is 0.435. The lowest BCUT2D eigenvalue weighted by Crippen LogP contribution is -2.52. The number of Topliss-reactive ketones (excluding diaryl/α,β-unsaturated/α-hetero) is 1. The van der Waals surface area contributed by atoms with Crippen LogP contribution in [0.25, 0.3) is 0 Å². The maximum absolute atomic E-state index is 12.4. The number of ether oxygens (including phenoxy) is 1. The molecule has 1 aromatic rings. The van der Waals surface area contributed by atoms with Crippen LogP contribution in [0.15, 0.2) is 6.07 Å². The third-order valence-corrected chi connectivity index (χ3v) is 5.36. The summed E-state index contributed by atoms with van der Waals surface area (Å²) >= 11 is 5.90. The number of carbonyl (C=O) groups is 1. The van der Waals surface area contributed by atoms with Crippen LogP contribution in [0, 0.1) is 34.5 Å². The zero-order chi connectivity index (χ0) is 15.3. The highest BCUT2D eigenvalue weighted by molar-refractivity contribution is 6.28. The van der Waals surface area contributed by atoms with E-state index in [4.69, 9.17) is 21.6 Å². The predicted octanol–water partition coefficient (Wildman–Crippen LogP) is 3.04. The molecule has 0 spiro atoms. The fourth-order valence-corrected chi connectivity index (χ4v) is 3.88. The summed E-state index contributed by atoms with van der Waals surface area (Å²) in [7, 11) is 0. The third-order valence-electron chi connectivity index (χ3n) is 5.20. The zero-order valence-electron chi connectivity index (χ0n) is 12.1. The van der Waals surface area contributed by atoms with Gasteiger partial charge in [-0.05, 0) is 48.6 Å². The monoisotopic (exact) mass is 317 g/mol. The zero-order valence-corrected chi connectivity index (χ0v) is 12.8. The smallest absolute Gasteiger partial charge is 0.226 e. The van der Waals surface area contributed by atoms with Gasteiger partial charge in [-0.25, -0.2) is 4.98 Å². The van der Waals surface area contributed by atoms with Gasteiger partial charge in [0.25, 0.3) is 0 Å². The van der Waals surface area contributed by atoms with Crippen molar-refractivity contribution in [2.45, 2.75) is 32.1 Å². The number of halogens is 1. The molecule has 4 aliphatic rings. The van der Waals surface area contributed by atoms with Gasteiger partial charge in [0.1, 0.15) is 5.69 Å². The summed E-state index contributed by atoms with van der Waals surface area (Å²) in [6.07, 6.45) is 4.95. The Bertz CT molecular complexity index is 667. The number of nitriles is 1. The van der Waals surface area contributed by atoms with Crippen LogP contribution in [0.4, 0.5) is 0 Å². The minimum absolute atomic E-state index is 0.0219. The molecule has 114 valence electrons. The van der Waals surface area contributed by atoms with Crippen molar-refractivity contribution >= 4 is 17.4 Å². The highest BCUT2D eigenvalue weighted by atomic mass is 35.5. The van der Waals surface area contributed by atoms with E-state index in [1.165, 1.54) is 19.3 Å². The van der Waals surface area contributed by atoms with Gasteiger partial charge in [0.2, 0.25) is 11.2 Å². The molecule has 4 aliphatic carbocycles. The van der Waals surface area contributed by atoms with Crippen LogP contribution in [-0.4, -0.2) is 22.4 Å². The van der Waals surface area contributed by atoms with Gasteiger partial charge >= 0.3 is 0 Å². The second-order valence-corrected chi connectivity index (χ2v) is 7.32. The van der Waals surface area contributed by atoms with Crippen molar-refractivity contribution in [3.8, 4) is 11.9 Å². The molecule has 4 fully saturated rings. The molecule has 0 unspecified atom stereocenters. The Kier molecular flexibility index (Phi) is 3.12. The van der Waals surface area contributed by atoms with Crippen LogP contribution < -0.4 is 4.74 Å². The average molecular weight is 318 g/mol. The van der Waals surface area contributed by atoms with Crippen LogP contribution in [0.2, 0.25) is 5.28 Å². The van der Waals surface area contributed by atoms with Crippen LogP contribution >= 0.6 is 11.6 Å². The second-order valence-electron chi connectivity index (χ2n) is 6.98. The second kappa shape index (κ2) is 4.92. The molecule has 0 radical (unpaired) electrons. The fraction of sp³-hybridized carbons (Fsp3) is 0.625. The molecule has 4 saturated carbocycles. The third kappa shape index (κ3) is 2.46. The van der Waals surface area contributed by atoms with Gasteiger partial charge in [0, 0.05) is 18.4 Å². The van der Waals surface area contributed by atoms with Gasteiger partial charge in [0.15, 0.2) is 5.78 Å². The van der Waals surface area contributed by atoms with E-state index in [1.807, 2.05) is 0 Å². The molecule has 1 heterocycles. The first-order valence-electron chi connectivity index (χ1n) is 7.67. The Morgan fingerprint density at radius 3 is 2.82 bits per heavy atom. The minimum atomic E-state index is 0.0219. The molecule has 2 atom stereocenters. The number of ketones is 1. The van der Waals surface area contributed by atoms with Crippen molar-refractivity contribution in [2.24, 2.45) is 23.2 Å². The molecule has 0 aromatic carbocycles. The van der Waals surface area contributed by atoms with Gasteiger partial charge in [-0.15, -0.1) is 0 Å². The molecule has 5 rings (SSSR count). The lowest BCUT2D eigenvalue weighted by molar-refractivity contribution is -0.103. The summed E-state index contributed by atoms with van der Waals surface area (Å²) in [5.41, 5.74) is 0.584. The molecule has 0 saturated heterocycles. The van der Waals surface area contributed by atoms with E-state index in [1.54, 1.807) is 6.07 Å². The molecule has 5 nitrogen and oxygen atoms in total. The summed E-state index contributed by atoms with van der Waals surface area (Å²) in [5, 5.41) is 8.81. The van der Waals surface area contributed by atoms with E-state index in [9.17, 15) is 4.79 Å². The van der Waals surface area contributed by atoms with Crippen LogP contribution in [-0.2, 0) is 0 Å². The minimum Gasteiger partial charge on any atom is -0.477 e. The van der Waals surface area contributed by atoms with Crippen LogP contribution in [0.3, 0.4) is 0 Å². The van der Waals surface area contributed by atoms with Gasteiger partial charge in [-0.3, -0.25) is 4.79 Å². The SMILES string of the molecule is N#C[C@@H]1C[C@@H]1COc1cc(C(=O)CC23CC(C2)C3)nc(Cl)n1. The maximum atomic E-state index is 12.4. The molecular weight excluding hydrogens is 302 g/mol. The van der Waals surface area contributed by atoms with E-state index < -0.39 is 0 Å². The lowest BCUT2D eigenvalue weighted by Gasteiger charge is -2.61. The number of hydrogen-bond acceptors (Lipinski definition) is 5. The summed E-state index contributed by atoms with van der Waals surface area (Å²) < 4.78 is 5.58. The van der Waals surface area contributed by atoms with Crippen molar-refractivity contribution in [2.75, 3.05) is 6.61 Å². The van der Waals surface area contributed by atoms with E-state index in [-0.39, 0.29) is 28.3 Å². The largest absolute Gasteiger partial charge is 0.477 e. The normalized spacial score (nSPS) is 34.1.